The number of anilines is 2. The number of hydrogen-bond acceptors (Lipinski definition) is 5. The average Bonchev–Trinajstić information content (AvgIpc) is 2.42. The highest BCUT2D eigenvalue weighted by Gasteiger charge is 2.18. The number of ether oxygens (including phenoxy) is 1. The highest BCUT2D eigenvalue weighted by atomic mass is 16.5. The molecule has 0 bridgehead atoms. The van der Waals surface area contributed by atoms with Crippen LogP contribution < -0.4 is 15.8 Å². The predicted octanol–water partition coefficient (Wildman–Crippen LogP) is 1.67. The third kappa shape index (κ3) is 2.05. The Kier molecular flexibility index (Phi) is 2.78. The molecule has 0 unspecified atom stereocenters. The van der Waals surface area contributed by atoms with E-state index < -0.39 is 0 Å². The number of nitrogen functional groups attached to an aromatic ring is 1. The summed E-state index contributed by atoms with van der Waals surface area (Å²) >= 11 is 0. The summed E-state index contributed by atoms with van der Waals surface area (Å²) in [4.78, 5) is 20.0. The van der Waals surface area contributed by atoms with Crippen LogP contribution in [0, 0.1) is 13.8 Å². The Bertz CT molecular complexity index is 713. The SMILES string of the molecule is Cc1nc(C)c(N)c(-c2ccc3c(c2)NC(=O)CO3)n1. The molecule has 2 heterocycles. The number of nitrogens with two attached hydrogens (primary N) is 1. The number of aryl methyl sites for hydroxylation is 2. The summed E-state index contributed by atoms with van der Waals surface area (Å²) in [5.74, 6) is 1.14. The quantitative estimate of drug-likeness (QED) is 0.822. The summed E-state index contributed by atoms with van der Waals surface area (Å²) in [6.07, 6.45) is 0. The number of fused-ring (bicyclic) bond motifs is 1. The second kappa shape index (κ2) is 4.48. The fourth-order valence-electron chi connectivity index (χ4n) is 2.17. The first kappa shape index (κ1) is 12.4. The Balaban J connectivity index is 2.12. The fraction of sp³-hybridized carbons (Fsp3) is 0.214. The number of hydrogen-bond donors (Lipinski definition) is 2. The van der Waals surface area contributed by atoms with Crippen LogP contribution in [0.1, 0.15) is 11.5 Å². The molecule has 3 rings (SSSR count). The van der Waals surface area contributed by atoms with Crippen molar-refractivity contribution in [3.63, 3.8) is 0 Å². The lowest BCUT2D eigenvalue weighted by molar-refractivity contribution is -0.118. The zero-order valence-corrected chi connectivity index (χ0v) is 11.2. The van der Waals surface area contributed by atoms with Gasteiger partial charge in [0.2, 0.25) is 0 Å². The Morgan fingerprint density at radius 1 is 1.30 bits per heavy atom. The van der Waals surface area contributed by atoms with E-state index in [2.05, 4.69) is 15.3 Å². The maximum absolute atomic E-state index is 11.4. The normalized spacial score (nSPS) is 13.4. The highest BCUT2D eigenvalue weighted by Crippen LogP contribution is 2.34. The lowest BCUT2D eigenvalue weighted by Gasteiger charge is -2.19. The van der Waals surface area contributed by atoms with Gasteiger partial charge in [-0.25, -0.2) is 9.97 Å². The minimum atomic E-state index is -0.169. The highest BCUT2D eigenvalue weighted by molar-refractivity contribution is 5.96. The van der Waals surface area contributed by atoms with E-state index >= 15 is 0 Å². The first-order valence-corrected chi connectivity index (χ1v) is 6.22. The van der Waals surface area contributed by atoms with Crippen molar-refractivity contribution in [3.05, 3.63) is 29.7 Å². The minimum Gasteiger partial charge on any atom is -0.482 e. The molecule has 0 radical (unpaired) electrons. The van der Waals surface area contributed by atoms with Gasteiger partial charge in [0.05, 0.1) is 22.8 Å². The van der Waals surface area contributed by atoms with Crippen LogP contribution in [0.5, 0.6) is 5.75 Å². The number of amides is 1. The molecular formula is C14H14N4O2. The van der Waals surface area contributed by atoms with Gasteiger partial charge in [0.25, 0.3) is 5.91 Å². The number of carbonyl (C=O) groups is 1. The van der Waals surface area contributed by atoms with Crippen molar-refractivity contribution < 1.29 is 9.53 Å². The molecule has 102 valence electrons. The van der Waals surface area contributed by atoms with Gasteiger partial charge in [0.1, 0.15) is 11.6 Å². The van der Waals surface area contributed by atoms with Gasteiger partial charge in [-0.05, 0) is 32.0 Å². The van der Waals surface area contributed by atoms with Crippen LogP contribution in [0.25, 0.3) is 11.3 Å². The third-order valence-corrected chi connectivity index (χ3v) is 3.13. The van der Waals surface area contributed by atoms with E-state index in [1.807, 2.05) is 26.0 Å². The molecule has 0 aliphatic carbocycles. The van der Waals surface area contributed by atoms with Crippen molar-refractivity contribution in [1.82, 2.24) is 9.97 Å². The van der Waals surface area contributed by atoms with E-state index in [4.69, 9.17) is 10.5 Å². The van der Waals surface area contributed by atoms with Gasteiger partial charge in [-0.15, -0.1) is 0 Å². The number of nitrogens with zero attached hydrogens (tertiary/aromatic N) is 2. The summed E-state index contributed by atoms with van der Waals surface area (Å²) in [6.45, 7) is 3.70. The average molecular weight is 270 g/mol. The minimum absolute atomic E-state index is 0.0419. The van der Waals surface area contributed by atoms with E-state index in [1.165, 1.54) is 0 Å². The number of carbonyl (C=O) groups excluding carboxylic acids is 1. The lowest BCUT2D eigenvalue weighted by atomic mass is 10.1. The molecule has 0 spiro atoms. The van der Waals surface area contributed by atoms with Crippen molar-refractivity contribution in [2.75, 3.05) is 17.7 Å². The van der Waals surface area contributed by atoms with Crippen LogP contribution >= 0.6 is 0 Å². The van der Waals surface area contributed by atoms with Crippen molar-refractivity contribution in [2.45, 2.75) is 13.8 Å². The third-order valence-electron chi connectivity index (χ3n) is 3.13. The van der Waals surface area contributed by atoms with E-state index in [0.717, 1.165) is 11.3 Å². The predicted molar refractivity (Wildman–Crippen MR) is 75.5 cm³/mol. The van der Waals surface area contributed by atoms with E-state index in [0.29, 0.717) is 28.6 Å². The fourth-order valence-corrected chi connectivity index (χ4v) is 2.17. The first-order chi connectivity index (χ1) is 9.54. The zero-order valence-electron chi connectivity index (χ0n) is 11.2. The molecule has 1 aliphatic heterocycles. The molecule has 0 saturated heterocycles. The molecule has 1 aromatic heterocycles. The van der Waals surface area contributed by atoms with Crippen LogP contribution in [0.15, 0.2) is 18.2 Å². The van der Waals surface area contributed by atoms with Crippen LogP contribution in [-0.2, 0) is 4.79 Å². The van der Waals surface area contributed by atoms with Crippen molar-refractivity contribution in [1.29, 1.82) is 0 Å². The standard InChI is InChI=1S/C14H14N4O2/c1-7-13(15)14(17-8(2)16-7)9-3-4-11-10(5-9)18-12(19)6-20-11/h3-5H,6,15H2,1-2H3,(H,18,19). The van der Waals surface area contributed by atoms with E-state index in [1.54, 1.807) is 6.07 Å². The molecule has 1 amide bonds. The molecule has 2 aromatic rings. The van der Waals surface area contributed by atoms with Gasteiger partial charge in [-0.1, -0.05) is 0 Å². The molecule has 3 N–H and O–H groups in total. The molecule has 6 nitrogen and oxygen atoms in total. The molecule has 0 atom stereocenters. The summed E-state index contributed by atoms with van der Waals surface area (Å²) in [5.41, 5.74) is 9.44. The van der Waals surface area contributed by atoms with E-state index in [9.17, 15) is 4.79 Å². The largest absolute Gasteiger partial charge is 0.482 e. The zero-order chi connectivity index (χ0) is 14.3. The number of rotatable bonds is 1. The summed E-state index contributed by atoms with van der Waals surface area (Å²) in [5, 5.41) is 2.77. The molecule has 1 aromatic carbocycles. The second-order valence-corrected chi connectivity index (χ2v) is 4.67. The summed E-state index contributed by atoms with van der Waals surface area (Å²) in [6, 6.07) is 5.48. The van der Waals surface area contributed by atoms with Crippen molar-refractivity contribution >= 4 is 17.3 Å². The van der Waals surface area contributed by atoms with Crippen LogP contribution in [0.2, 0.25) is 0 Å². The molecule has 1 aliphatic rings. The first-order valence-electron chi connectivity index (χ1n) is 6.22. The van der Waals surface area contributed by atoms with Crippen LogP contribution in [-0.4, -0.2) is 22.5 Å². The monoisotopic (exact) mass is 270 g/mol. The van der Waals surface area contributed by atoms with Gasteiger partial charge in [0, 0.05) is 5.56 Å². The number of nitrogens with one attached hydrogen (secondary N) is 1. The molecular weight excluding hydrogens is 256 g/mol. The van der Waals surface area contributed by atoms with Crippen LogP contribution in [0.3, 0.4) is 0 Å². The molecule has 6 heteroatoms. The smallest absolute Gasteiger partial charge is 0.262 e. The topological polar surface area (TPSA) is 90.1 Å². The van der Waals surface area contributed by atoms with Gasteiger partial charge >= 0.3 is 0 Å². The van der Waals surface area contributed by atoms with Gasteiger partial charge in [-0.3, -0.25) is 4.79 Å². The van der Waals surface area contributed by atoms with Gasteiger partial charge < -0.3 is 15.8 Å². The van der Waals surface area contributed by atoms with Crippen LogP contribution in [0.4, 0.5) is 11.4 Å². The Morgan fingerprint density at radius 3 is 2.90 bits per heavy atom. The number of benzene rings is 1. The van der Waals surface area contributed by atoms with Gasteiger partial charge in [-0.2, -0.15) is 0 Å². The van der Waals surface area contributed by atoms with E-state index in [-0.39, 0.29) is 12.5 Å². The summed E-state index contributed by atoms with van der Waals surface area (Å²) < 4.78 is 5.33. The Labute approximate surface area is 116 Å². The summed E-state index contributed by atoms with van der Waals surface area (Å²) in [7, 11) is 0. The molecule has 20 heavy (non-hydrogen) atoms. The second-order valence-electron chi connectivity index (χ2n) is 4.67. The maximum Gasteiger partial charge on any atom is 0.262 e. The van der Waals surface area contributed by atoms with Gasteiger partial charge in [0.15, 0.2) is 6.61 Å². The van der Waals surface area contributed by atoms with Crippen molar-refractivity contribution in [2.24, 2.45) is 0 Å². The Morgan fingerprint density at radius 2 is 2.10 bits per heavy atom. The van der Waals surface area contributed by atoms with Crippen molar-refractivity contribution in [3.8, 4) is 17.0 Å². The lowest BCUT2D eigenvalue weighted by Crippen LogP contribution is -2.25. The Hall–Kier alpha value is -2.63. The maximum atomic E-state index is 11.4. The number of aromatic nitrogens is 2. The molecule has 0 saturated carbocycles. The molecule has 0 fully saturated rings.